The molecule has 0 saturated carbocycles. The summed E-state index contributed by atoms with van der Waals surface area (Å²) in [6, 6.07) is 4.82. The number of aliphatic carboxylic acids is 1. The van der Waals surface area contributed by atoms with E-state index in [1.165, 1.54) is 18.2 Å². The second-order valence-corrected chi connectivity index (χ2v) is 5.31. The quantitative estimate of drug-likeness (QED) is 0.674. The minimum absolute atomic E-state index is 0.0459. The molecule has 1 rings (SSSR count). The Morgan fingerprint density at radius 2 is 1.88 bits per heavy atom. The van der Waals surface area contributed by atoms with Crippen LogP contribution in [0.25, 0.3) is 0 Å². The van der Waals surface area contributed by atoms with Crippen LogP contribution in [0.2, 0.25) is 0 Å². The summed E-state index contributed by atoms with van der Waals surface area (Å²) >= 11 is 0. The molecular formula is C16H21F3N2O3. The number of halogens is 3. The minimum Gasteiger partial charge on any atom is -0.481 e. The van der Waals surface area contributed by atoms with Gasteiger partial charge in [0.2, 0.25) is 5.91 Å². The Morgan fingerprint density at radius 3 is 2.46 bits per heavy atom. The van der Waals surface area contributed by atoms with E-state index >= 15 is 0 Å². The number of carbonyl (C=O) groups excluding carboxylic acids is 1. The molecular weight excluding hydrogens is 325 g/mol. The number of anilines is 1. The van der Waals surface area contributed by atoms with E-state index in [0.29, 0.717) is 25.9 Å². The normalized spacial score (nSPS) is 11.5. The highest BCUT2D eigenvalue weighted by Gasteiger charge is 2.33. The molecule has 0 saturated heterocycles. The highest BCUT2D eigenvalue weighted by atomic mass is 19.4. The first-order chi connectivity index (χ1) is 11.2. The number of alkyl halides is 3. The van der Waals surface area contributed by atoms with Gasteiger partial charge in [-0.25, -0.2) is 0 Å². The fraction of sp³-hybridized carbons (Fsp3) is 0.500. The Hall–Kier alpha value is -2.09. The van der Waals surface area contributed by atoms with Crippen LogP contribution in [-0.2, 0) is 15.8 Å². The van der Waals surface area contributed by atoms with E-state index in [0.717, 1.165) is 6.07 Å². The third-order valence-corrected chi connectivity index (χ3v) is 3.44. The molecule has 8 heteroatoms. The van der Waals surface area contributed by atoms with Gasteiger partial charge >= 0.3 is 12.1 Å². The maximum atomic E-state index is 12.9. The molecule has 5 nitrogen and oxygen atoms in total. The molecule has 2 N–H and O–H groups in total. The van der Waals surface area contributed by atoms with E-state index in [-0.39, 0.29) is 18.7 Å². The van der Waals surface area contributed by atoms with Crippen molar-refractivity contribution >= 4 is 17.6 Å². The summed E-state index contributed by atoms with van der Waals surface area (Å²) in [5, 5.41) is 10.9. The first-order valence-corrected chi connectivity index (χ1v) is 7.64. The van der Waals surface area contributed by atoms with Gasteiger partial charge in [-0.2, -0.15) is 13.2 Å². The van der Waals surface area contributed by atoms with Crippen molar-refractivity contribution in [2.24, 2.45) is 0 Å². The fourth-order valence-corrected chi connectivity index (χ4v) is 2.19. The molecule has 0 fully saturated rings. The standard InChI is InChI=1S/C16H21F3N2O3/c1-2-21(10-6-5-9-15(23)24)11-14(22)20-13-8-4-3-7-12(13)16(17,18)19/h3-4,7-8H,2,5-6,9-11H2,1H3,(H,20,22)(H,23,24). The van der Waals surface area contributed by atoms with Gasteiger partial charge in [0, 0.05) is 6.42 Å². The van der Waals surface area contributed by atoms with Crippen LogP contribution in [0.4, 0.5) is 18.9 Å². The highest BCUT2D eigenvalue weighted by molar-refractivity contribution is 5.93. The van der Waals surface area contributed by atoms with E-state index < -0.39 is 23.6 Å². The summed E-state index contributed by atoms with van der Waals surface area (Å²) in [6.07, 6.45) is -3.38. The van der Waals surface area contributed by atoms with Crippen LogP contribution < -0.4 is 5.32 Å². The van der Waals surface area contributed by atoms with Gasteiger partial charge in [-0.3, -0.25) is 14.5 Å². The summed E-state index contributed by atoms with van der Waals surface area (Å²) in [5.41, 5.74) is -1.15. The number of para-hydroxylation sites is 1. The number of carboxylic acid groups (broad SMARTS) is 1. The molecule has 0 spiro atoms. The lowest BCUT2D eigenvalue weighted by Crippen LogP contribution is -2.34. The van der Waals surface area contributed by atoms with Crippen molar-refractivity contribution in [3.63, 3.8) is 0 Å². The predicted molar refractivity (Wildman–Crippen MR) is 83.7 cm³/mol. The number of carbonyl (C=O) groups is 2. The molecule has 0 radical (unpaired) electrons. The Labute approximate surface area is 138 Å². The summed E-state index contributed by atoms with van der Waals surface area (Å²) in [4.78, 5) is 24.2. The molecule has 0 unspecified atom stereocenters. The topological polar surface area (TPSA) is 69.6 Å². The Bertz CT molecular complexity index is 562. The van der Waals surface area contributed by atoms with Crippen molar-refractivity contribution in [2.45, 2.75) is 32.4 Å². The fourth-order valence-electron chi connectivity index (χ4n) is 2.19. The van der Waals surface area contributed by atoms with Gasteiger partial charge in [0.15, 0.2) is 0 Å². The number of unbranched alkanes of at least 4 members (excludes halogenated alkanes) is 1. The Balaban J connectivity index is 2.57. The van der Waals surface area contributed by atoms with Crippen molar-refractivity contribution in [1.29, 1.82) is 0 Å². The smallest absolute Gasteiger partial charge is 0.418 e. The predicted octanol–water partition coefficient (Wildman–Crippen LogP) is 3.22. The van der Waals surface area contributed by atoms with Crippen LogP contribution in [0.1, 0.15) is 31.7 Å². The van der Waals surface area contributed by atoms with E-state index in [4.69, 9.17) is 5.11 Å². The first-order valence-electron chi connectivity index (χ1n) is 7.64. The molecule has 0 aliphatic carbocycles. The number of carboxylic acids is 1. The maximum absolute atomic E-state index is 12.9. The van der Waals surface area contributed by atoms with Crippen LogP contribution >= 0.6 is 0 Å². The van der Waals surface area contributed by atoms with Crippen molar-refractivity contribution < 1.29 is 27.9 Å². The van der Waals surface area contributed by atoms with Gasteiger partial charge in [0.05, 0.1) is 17.8 Å². The first kappa shape index (κ1) is 20.0. The molecule has 0 bridgehead atoms. The van der Waals surface area contributed by atoms with Gasteiger partial charge in [-0.1, -0.05) is 19.1 Å². The lowest BCUT2D eigenvalue weighted by molar-refractivity contribution is -0.138. The number of rotatable bonds is 9. The molecule has 0 aliphatic rings. The number of hydrogen-bond acceptors (Lipinski definition) is 3. The molecule has 0 heterocycles. The average Bonchev–Trinajstić information content (AvgIpc) is 2.49. The summed E-state index contributed by atoms with van der Waals surface area (Å²) in [7, 11) is 0. The molecule has 0 aliphatic heterocycles. The van der Waals surface area contributed by atoms with Crippen LogP contribution in [0, 0.1) is 0 Å². The Morgan fingerprint density at radius 1 is 1.21 bits per heavy atom. The summed E-state index contributed by atoms with van der Waals surface area (Å²) in [6.45, 7) is 2.84. The minimum atomic E-state index is -4.54. The van der Waals surface area contributed by atoms with Crippen molar-refractivity contribution in [3.8, 4) is 0 Å². The van der Waals surface area contributed by atoms with E-state index in [1.807, 2.05) is 6.92 Å². The van der Waals surface area contributed by atoms with Crippen molar-refractivity contribution in [3.05, 3.63) is 29.8 Å². The van der Waals surface area contributed by atoms with Gasteiger partial charge in [0.1, 0.15) is 0 Å². The second kappa shape index (κ2) is 9.27. The van der Waals surface area contributed by atoms with Gasteiger partial charge in [-0.15, -0.1) is 0 Å². The van der Waals surface area contributed by atoms with Crippen molar-refractivity contribution in [2.75, 3.05) is 25.0 Å². The summed E-state index contributed by atoms with van der Waals surface area (Å²) in [5.74, 6) is -1.41. The van der Waals surface area contributed by atoms with E-state index in [1.54, 1.807) is 4.90 Å². The second-order valence-electron chi connectivity index (χ2n) is 5.31. The SMILES string of the molecule is CCN(CCCCC(=O)O)CC(=O)Nc1ccccc1C(F)(F)F. The molecule has 1 aromatic carbocycles. The molecule has 1 amide bonds. The zero-order chi connectivity index (χ0) is 18.2. The number of hydrogen-bond donors (Lipinski definition) is 2. The highest BCUT2D eigenvalue weighted by Crippen LogP contribution is 2.34. The lowest BCUT2D eigenvalue weighted by atomic mass is 10.1. The monoisotopic (exact) mass is 346 g/mol. The number of likely N-dealkylation sites (N-methyl/N-ethyl adjacent to an activating group) is 1. The third kappa shape index (κ3) is 6.99. The molecule has 24 heavy (non-hydrogen) atoms. The zero-order valence-electron chi connectivity index (χ0n) is 13.4. The van der Waals surface area contributed by atoms with Gasteiger partial charge in [0.25, 0.3) is 0 Å². The zero-order valence-corrected chi connectivity index (χ0v) is 13.4. The van der Waals surface area contributed by atoms with Crippen LogP contribution in [0.15, 0.2) is 24.3 Å². The largest absolute Gasteiger partial charge is 0.481 e. The van der Waals surface area contributed by atoms with E-state index in [2.05, 4.69) is 5.32 Å². The van der Waals surface area contributed by atoms with Gasteiger partial charge < -0.3 is 10.4 Å². The molecule has 134 valence electrons. The maximum Gasteiger partial charge on any atom is 0.418 e. The van der Waals surface area contributed by atoms with Crippen LogP contribution in [0.5, 0.6) is 0 Å². The molecule has 0 aromatic heterocycles. The number of nitrogens with one attached hydrogen (secondary N) is 1. The Kier molecular flexibility index (Phi) is 7.70. The molecule has 0 atom stereocenters. The van der Waals surface area contributed by atoms with Gasteiger partial charge in [-0.05, 0) is 38.1 Å². The lowest BCUT2D eigenvalue weighted by Gasteiger charge is -2.20. The number of amides is 1. The van der Waals surface area contributed by atoms with Crippen LogP contribution in [0.3, 0.4) is 0 Å². The average molecular weight is 346 g/mol. The summed E-state index contributed by atoms with van der Waals surface area (Å²) < 4.78 is 38.7. The third-order valence-electron chi connectivity index (χ3n) is 3.44. The number of nitrogens with zero attached hydrogens (tertiary/aromatic N) is 1. The van der Waals surface area contributed by atoms with Crippen molar-refractivity contribution in [1.82, 2.24) is 4.90 Å². The number of benzene rings is 1. The van der Waals surface area contributed by atoms with Crippen LogP contribution in [-0.4, -0.2) is 41.5 Å². The molecule has 1 aromatic rings. The van der Waals surface area contributed by atoms with E-state index in [9.17, 15) is 22.8 Å².